The number of ether oxygens (including phenoxy) is 1. The number of aromatic amines is 1. The van der Waals surface area contributed by atoms with Gasteiger partial charge in [0.15, 0.2) is 0 Å². The van der Waals surface area contributed by atoms with E-state index in [9.17, 15) is 18.0 Å². The van der Waals surface area contributed by atoms with Crippen LogP contribution in [0.1, 0.15) is 24.5 Å². The molecule has 3 rings (SSSR count). The van der Waals surface area contributed by atoms with Gasteiger partial charge in [-0.3, -0.25) is 4.79 Å². The van der Waals surface area contributed by atoms with E-state index in [2.05, 4.69) is 10.3 Å². The number of benzene rings is 2. The number of rotatable bonds is 5. The number of aromatic nitrogens is 1. The zero-order valence-electron chi connectivity index (χ0n) is 14.0. The lowest BCUT2D eigenvalue weighted by molar-refractivity contribution is -0.137. The predicted octanol–water partition coefficient (Wildman–Crippen LogP) is 5.11. The van der Waals surface area contributed by atoms with Crippen molar-refractivity contribution >= 4 is 22.5 Å². The van der Waals surface area contributed by atoms with Gasteiger partial charge in [0.2, 0.25) is 5.91 Å². The molecular formula is C19H17F3N2O2. The number of amides is 1. The first-order valence-electron chi connectivity index (χ1n) is 8.06. The van der Waals surface area contributed by atoms with Gasteiger partial charge >= 0.3 is 6.18 Å². The van der Waals surface area contributed by atoms with E-state index in [1.165, 1.54) is 12.1 Å². The minimum Gasteiger partial charge on any atom is -0.489 e. The highest BCUT2D eigenvalue weighted by atomic mass is 19.4. The van der Waals surface area contributed by atoms with Crippen LogP contribution in [0.5, 0.6) is 5.75 Å². The van der Waals surface area contributed by atoms with E-state index in [-0.39, 0.29) is 12.5 Å². The van der Waals surface area contributed by atoms with Crippen molar-refractivity contribution in [1.82, 2.24) is 4.98 Å². The second-order valence-electron chi connectivity index (χ2n) is 5.79. The molecule has 26 heavy (non-hydrogen) atoms. The molecule has 0 fully saturated rings. The van der Waals surface area contributed by atoms with Crippen LogP contribution in [0.2, 0.25) is 0 Å². The van der Waals surface area contributed by atoms with Crippen LogP contribution >= 0.6 is 0 Å². The van der Waals surface area contributed by atoms with E-state index >= 15 is 0 Å². The maximum Gasteiger partial charge on any atom is 0.416 e. The molecule has 0 aliphatic carbocycles. The summed E-state index contributed by atoms with van der Waals surface area (Å²) in [5.41, 5.74) is 1.45. The van der Waals surface area contributed by atoms with Crippen LogP contribution in [-0.2, 0) is 17.6 Å². The van der Waals surface area contributed by atoms with Gasteiger partial charge in [0.05, 0.1) is 11.3 Å². The second-order valence-corrected chi connectivity index (χ2v) is 5.79. The summed E-state index contributed by atoms with van der Waals surface area (Å²) in [6.45, 7) is 1.91. The fourth-order valence-electron chi connectivity index (χ4n) is 2.49. The Morgan fingerprint density at radius 2 is 1.88 bits per heavy atom. The normalized spacial score (nSPS) is 11.5. The van der Waals surface area contributed by atoms with Crippen LogP contribution in [-0.4, -0.2) is 10.9 Å². The molecule has 1 heterocycles. The lowest BCUT2D eigenvalue weighted by atomic mass is 10.1. The van der Waals surface area contributed by atoms with Crippen LogP contribution in [0.4, 0.5) is 18.9 Å². The molecule has 2 N–H and O–H groups in total. The fraction of sp³-hybridized carbons (Fsp3) is 0.211. The van der Waals surface area contributed by atoms with Gasteiger partial charge < -0.3 is 15.0 Å². The smallest absolute Gasteiger partial charge is 0.416 e. The van der Waals surface area contributed by atoms with E-state index in [1.54, 1.807) is 25.3 Å². The van der Waals surface area contributed by atoms with E-state index in [0.717, 1.165) is 23.0 Å². The largest absolute Gasteiger partial charge is 0.489 e. The molecule has 1 amide bonds. The number of carbonyl (C=O) groups excluding carboxylic acids is 1. The highest BCUT2D eigenvalue weighted by molar-refractivity contribution is 6.01. The molecule has 0 saturated carbocycles. The number of alkyl halides is 3. The van der Waals surface area contributed by atoms with Crippen molar-refractivity contribution in [2.45, 2.75) is 26.1 Å². The molecule has 1 aromatic heterocycles. The Balaban J connectivity index is 1.72. The monoisotopic (exact) mass is 362 g/mol. The molecule has 3 aromatic rings. The summed E-state index contributed by atoms with van der Waals surface area (Å²) in [7, 11) is 0. The zero-order chi connectivity index (χ0) is 18.7. The van der Waals surface area contributed by atoms with Crippen molar-refractivity contribution in [2.75, 3.05) is 5.32 Å². The minimum absolute atomic E-state index is 0.0954. The Labute approximate surface area is 148 Å². The van der Waals surface area contributed by atoms with Crippen molar-refractivity contribution in [3.63, 3.8) is 0 Å². The Kier molecular flexibility index (Phi) is 4.88. The maximum absolute atomic E-state index is 12.6. The molecule has 0 atom stereocenters. The number of anilines is 1. The minimum atomic E-state index is -4.35. The van der Waals surface area contributed by atoms with Crippen LogP contribution in [0.25, 0.3) is 10.9 Å². The predicted molar refractivity (Wildman–Crippen MR) is 93.0 cm³/mol. The molecule has 7 heteroatoms. The number of hydrogen-bond acceptors (Lipinski definition) is 2. The van der Waals surface area contributed by atoms with Gasteiger partial charge in [0, 0.05) is 23.5 Å². The molecule has 0 bridgehead atoms. The lowest BCUT2D eigenvalue weighted by Gasteiger charge is -2.09. The number of halogens is 3. The summed E-state index contributed by atoms with van der Waals surface area (Å²) in [5.74, 6) is 0.464. The maximum atomic E-state index is 12.6. The molecule has 0 saturated heterocycles. The van der Waals surface area contributed by atoms with Crippen LogP contribution in [0, 0.1) is 0 Å². The summed E-state index contributed by atoms with van der Waals surface area (Å²) in [6.07, 6.45) is -2.27. The van der Waals surface area contributed by atoms with Crippen molar-refractivity contribution in [3.8, 4) is 5.75 Å². The molecule has 136 valence electrons. The van der Waals surface area contributed by atoms with E-state index in [1.807, 2.05) is 6.07 Å². The van der Waals surface area contributed by atoms with Crippen molar-refractivity contribution in [2.24, 2.45) is 0 Å². The molecule has 0 aliphatic rings. The van der Waals surface area contributed by atoms with Gasteiger partial charge in [0.1, 0.15) is 12.4 Å². The first-order valence-corrected chi connectivity index (χ1v) is 8.06. The highest BCUT2D eigenvalue weighted by Gasteiger charge is 2.29. The van der Waals surface area contributed by atoms with Crippen molar-refractivity contribution < 1.29 is 22.7 Å². The van der Waals surface area contributed by atoms with Crippen LogP contribution in [0.15, 0.2) is 48.7 Å². The molecule has 0 aliphatic heterocycles. The number of H-pyrrole nitrogens is 1. The Hall–Kier alpha value is -2.96. The van der Waals surface area contributed by atoms with E-state index in [4.69, 9.17) is 4.74 Å². The second kappa shape index (κ2) is 7.11. The summed E-state index contributed by atoms with van der Waals surface area (Å²) in [5, 5.41) is 3.61. The van der Waals surface area contributed by atoms with Gasteiger partial charge in [-0.05, 0) is 35.9 Å². The number of fused-ring (bicyclic) bond motifs is 1. The van der Waals surface area contributed by atoms with Gasteiger partial charge in [0.25, 0.3) is 0 Å². The van der Waals surface area contributed by atoms with Gasteiger partial charge in [-0.1, -0.05) is 19.1 Å². The molecule has 0 spiro atoms. The van der Waals surface area contributed by atoms with Gasteiger partial charge in [-0.2, -0.15) is 13.2 Å². The van der Waals surface area contributed by atoms with Crippen LogP contribution < -0.4 is 10.1 Å². The molecule has 0 radical (unpaired) electrons. The third kappa shape index (κ3) is 3.99. The molecule has 2 aromatic carbocycles. The average molecular weight is 362 g/mol. The molecule has 0 unspecified atom stereocenters. The molecule has 4 nitrogen and oxygen atoms in total. The number of hydrogen-bond donors (Lipinski definition) is 2. The summed E-state index contributed by atoms with van der Waals surface area (Å²) < 4.78 is 43.4. The van der Waals surface area contributed by atoms with Crippen molar-refractivity contribution in [1.29, 1.82) is 0 Å². The average Bonchev–Trinajstić information content (AvgIpc) is 3.01. The first kappa shape index (κ1) is 17.8. The molecular weight excluding hydrogens is 345 g/mol. The first-order chi connectivity index (χ1) is 12.4. The third-order valence-electron chi connectivity index (χ3n) is 3.94. The summed E-state index contributed by atoms with van der Waals surface area (Å²) in [4.78, 5) is 14.6. The summed E-state index contributed by atoms with van der Waals surface area (Å²) in [6, 6.07) is 10.2. The Morgan fingerprint density at radius 3 is 2.54 bits per heavy atom. The number of nitrogens with one attached hydrogen (secondary N) is 2. The Morgan fingerprint density at radius 1 is 1.15 bits per heavy atom. The topological polar surface area (TPSA) is 54.1 Å². The third-order valence-corrected chi connectivity index (χ3v) is 3.94. The number of carbonyl (C=O) groups is 1. The van der Waals surface area contributed by atoms with Crippen LogP contribution in [0.3, 0.4) is 0 Å². The fourth-order valence-corrected chi connectivity index (χ4v) is 2.49. The lowest BCUT2D eigenvalue weighted by Crippen LogP contribution is -2.08. The van der Waals surface area contributed by atoms with Crippen molar-refractivity contribution in [3.05, 3.63) is 59.8 Å². The van der Waals surface area contributed by atoms with E-state index in [0.29, 0.717) is 23.4 Å². The highest BCUT2D eigenvalue weighted by Crippen LogP contribution is 2.30. The quantitative estimate of drug-likeness (QED) is 0.662. The van der Waals surface area contributed by atoms with Gasteiger partial charge in [-0.25, -0.2) is 0 Å². The van der Waals surface area contributed by atoms with Gasteiger partial charge in [-0.15, -0.1) is 0 Å². The Bertz CT molecular complexity index is 915. The zero-order valence-corrected chi connectivity index (χ0v) is 14.0. The SMILES string of the molecule is CCC(=O)Nc1c[nH]c2ccc(OCc3ccc(C(F)(F)F)cc3)cc12. The standard InChI is InChI=1S/C19H17F3N2O2/c1-2-18(25)24-17-10-23-16-8-7-14(9-15(16)17)26-11-12-3-5-13(6-4-12)19(20,21)22/h3-10,23H,2,11H2,1H3,(H,24,25). The summed E-state index contributed by atoms with van der Waals surface area (Å²) >= 11 is 0. The van der Waals surface area contributed by atoms with E-state index < -0.39 is 11.7 Å².